The van der Waals surface area contributed by atoms with Gasteiger partial charge in [0.1, 0.15) is 0 Å². The largest absolute Gasteiger partial charge is 0.396 e. The highest BCUT2D eigenvalue weighted by Crippen LogP contribution is 2.29. The molecule has 0 aromatic carbocycles. The third-order valence-electron chi connectivity index (χ3n) is 3.67. The Balaban J connectivity index is 2.45. The van der Waals surface area contributed by atoms with E-state index in [4.69, 9.17) is 4.74 Å². The summed E-state index contributed by atoms with van der Waals surface area (Å²) in [6.07, 6.45) is 2.20. The highest BCUT2D eigenvalue weighted by atomic mass is 16.5. The predicted octanol–water partition coefficient (Wildman–Crippen LogP) is 1.75. The van der Waals surface area contributed by atoms with Gasteiger partial charge in [-0.2, -0.15) is 0 Å². The predicted molar refractivity (Wildman–Crippen MR) is 66.5 cm³/mol. The van der Waals surface area contributed by atoms with Crippen LogP contribution in [0.3, 0.4) is 0 Å². The number of aliphatic hydroxyl groups excluding tert-OH is 1. The van der Waals surface area contributed by atoms with Crippen molar-refractivity contribution in [1.82, 2.24) is 4.90 Å². The summed E-state index contributed by atoms with van der Waals surface area (Å²) in [6.45, 7) is 9.47. The van der Waals surface area contributed by atoms with Gasteiger partial charge < -0.3 is 14.7 Å². The molecule has 1 N–H and O–H groups in total. The third kappa shape index (κ3) is 3.72. The summed E-state index contributed by atoms with van der Waals surface area (Å²) >= 11 is 0. The highest BCUT2D eigenvalue weighted by molar-refractivity contribution is 4.86. The van der Waals surface area contributed by atoms with Crippen LogP contribution in [0.15, 0.2) is 0 Å². The average molecular weight is 229 g/mol. The Morgan fingerprint density at radius 3 is 2.50 bits per heavy atom. The minimum Gasteiger partial charge on any atom is -0.396 e. The zero-order valence-corrected chi connectivity index (χ0v) is 11.2. The lowest BCUT2D eigenvalue weighted by Gasteiger charge is -2.34. The van der Waals surface area contributed by atoms with Crippen molar-refractivity contribution in [2.45, 2.75) is 39.7 Å². The zero-order valence-electron chi connectivity index (χ0n) is 11.2. The lowest BCUT2D eigenvalue weighted by Crippen LogP contribution is -2.43. The minimum absolute atomic E-state index is 0.0139. The summed E-state index contributed by atoms with van der Waals surface area (Å²) in [5.41, 5.74) is -0.0139. The normalized spacial score (nSPS) is 27.9. The fourth-order valence-electron chi connectivity index (χ4n) is 2.50. The van der Waals surface area contributed by atoms with Crippen molar-refractivity contribution >= 4 is 0 Å². The summed E-state index contributed by atoms with van der Waals surface area (Å²) in [7, 11) is 2.16. The van der Waals surface area contributed by atoms with E-state index in [9.17, 15) is 5.11 Å². The van der Waals surface area contributed by atoms with Crippen molar-refractivity contribution in [2.24, 2.45) is 11.3 Å². The molecule has 1 aliphatic rings. The van der Waals surface area contributed by atoms with Gasteiger partial charge in [-0.1, -0.05) is 13.8 Å². The number of rotatable bonds is 6. The van der Waals surface area contributed by atoms with Crippen LogP contribution in [0, 0.1) is 11.3 Å². The van der Waals surface area contributed by atoms with Gasteiger partial charge in [0.05, 0.1) is 13.2 Å². The summed E-state index contributed by atoms with van der Waals surface area (Å²) < 4.78 is 5.43. The van der Waals surface area contributed by atoms with Crippen molar-refractivity contribution in [1.29, 1.82) is 0 Å². The van der Waals surface area contributed by atoms with Gasteiger partial charge in [0.25, 0.3) is 0 Å². The highest BCUT2D eigenvalue weighted by Gasteiger charge is 2.36. The van der Waals surface area contributed by atoms with Crippen molar-refractivity contribution in [3.63, 3.8) is 0 Å². The van der Waals surface area contributed by atoms with E-state index < -0.39 is 0 Å². The number of nitrogens with zero attached hydrogens (tertiary/aromatic N) is 1. The molecule has 0 aromatic heterocycles. The molecule has 2 atom stereocenters. The Hall–Kier alpha value is -0.120. The van der Waals surface area contributed by atoms with E-state index in [0.29, 0.717) is 12.6 Å². The quantitative estimate of drug-likeness (QED) is 0.753. The molecular formula is C13H27NO2. The average Bonchev–Trinajstić information content (AvgIpc) is 2.66. The van der Waals surface area contributed by atoms with Crippen LogP contribution < -0.4 is 0 Å². The number of aliphatic hydroxyl groups is 1. The number of hydrogen-bond donors (Lipinski definition) is 1. The first-order valence-electron chi connectivity index (χ1n) is 6.38. The van der Waals surface area contributed by atoms with Crippen molar-refractivity contribution in [2.75, 3.05) is 33.4 Å². The summed E-state index contributed by atoms with van der Waals surface area (Å²) in [5.74, 6) is 0.724. The second kappa shape index (κ2) is 5.99. The first-order chi connectivity index (χ1) is 7.49. The van der Waals surface area contributed by atoms with E-state index >= 15 is 0 Å². The Kier molecular flexibility index (Phi) is 5.22. The maximum atomic E-state index is 9.52. The molecule has 0 radical (unpaired) electrons. The molecule has 3 nitrogen and oxygen atoms in total. The first kappa shape index (κ1) is 13.9. The standard InChI is InChI=1S/C13H27NO2/c1-11(2)7-12(3)14(4)8-13(9-15)5-6-16-10-13/h11-12,15H,5-10H2,1-4H3. The van der Waals surface area contributed by atoms with Crippen LogP contribution in [0.1, 0.15) is 33.6 Å². The molecule has 1 aliphatic heterocycles. The van der Waals surface area contributed by atoms with E-state index in [1.54, 1.807) is 0 Å². The summed E-state index contributed by atoms with van der Waals surface area (Å²) in [5, 5.41) is 9.52. The van der Waals surface area contributed by atoms with Crippen molar-refractivity contribution < 1.29 is 9.84 Å². The molecule has 0 spiro atoms. The van der Waals surface area contributed by atoms with Crippen LogP contribution >= 0.6 is 0 Å². The van der Waals surface area contributed by atoms with Gasteiger partial charge >= 0.3 is 0 Å². The minimum atomic E-state index is -0.0139. The fourth-order valence-corrected chi connectivity index (χ4v) is 2.50. The smallest absolute Gasteiger partial charge is 0.0557 e. The van der Waals surface area contributed by atoms with E-state index in [-0.39, 0.29) is 12.0 Å². The van der Waals surface area contributed by atoms with Gasteiger partial charge in [0.15, 0.2) is 0 Å². The van der Waals surface area contributed by atoms with E-state index in [0.717, 1.165) is 25.5 Å². The maximum absolute atomic E-state index is 9.52. The van der Waals surface area contributed by atoms with Gasteiger partial charge in [-0.15, -0.1) is 0 Å². The molecule has 16 heavy (non-hydrogen) atoms. The van der Waals surface area contributed by atoms with Crippen LogP contribution in [0.25, 0.3) is 0 Å². The molecule has 2 unspecified atom stereocenters. The third-order valence-corrected chi connectivity index (χ3v) is 3.67. The van der Waals surface area contributed by atoms with Gasteiger partial charge in [-0.25, -0.2) is 0 Å². The van der Waals surface area contributed by atoms with Crippen LogP contribution in [-0.4, -0.2) is 49.5 Å². The molecule has 1 fully saturated rings. The lowest BCUT2D eigenvalue weighted by atomic mass is 9.87. The Bertz CT molecular complexity index is 200. The molecule has 96 valence electrons. The first-order valence-corrected chi connectivity index (χ1v) is 6.38. The topological polar surface area (TPSA) is 32.7 Å². The monoisotopic (exact) mass is 229 g/mol. The molecule has 0 saturated carbocycles. The van der Waals surface area contributed by atoms with Crippen molar-refractivity contribution in [3.05, 3.63) is 0 Å². The molecule has 1 rings (SSSR count). The molecule has 0 aromatic rings. The zero-order chi connectivity index (χ0) is 12.2. The molecular weight excluding hydrogens is 202 g/mol. The van der Waals surface area contributed by atoms with Crippen LogP contribution in [0.4, 0.5) is 0 Å². The van der Waals surface area contributed by atoms with E-state index in [1.165, 1.54) is 6.42 Å². The van der Waals surface area contributed by atoms with Crippen LogP contribution in [0.2, 0.25) is 0 Å². The fraction of sp³-hybridized carbons (Fsp3) is 1.00. The molecule has 1 heterocycles. The Morgan fingerprint density at radius 2 is 2.06 bits per heavy atom. The van der Waals surface area contributed by atoms with Crippen LogP contribution in [-0.2, 0) is 4.74 Å². The summed E-state index contributed by atoms with van der Waals surface area (Å²) in [4.78, 5) is 2.37. The van der Waals surface area contributed by atoms with Crippen molar-refractivity contribution in [3.8, 4) is 0 Å². The molecule has 0 bridgehead atoms. The number of hydrogen-bond acceptors (Lipinski definition) is 3. The maximum Gasteiger partial charge on any atom is 0.0557 e. The summed E-state index contributed by atoms with van der Waals surface area (Å²) in [6, 6.07) is 0.573. The lowest BCUT2D eigenvalue weighted by molar-refractivity contribution is 0.0512. The van der Waals surface area contributed by atoms with Crippen LogP contribution in [0.5, 0.6) is 0 Å². The molecule has 0 amide bonds. The van der Waals surface area contributed by atoms with Gasteiger partial charge in [0.2, 0.25) is 0 Å². The van der Waals surface area contributed by atoms with E-state index in [1.807, 2.05) is 0 Å². The van der Waals surface area contributed by atoms with Gasteiger partial charge in [-0.05, 0) is 32.7 Å². The second-order valence-electron chi connectivity index (χ2n) is 5.85. The van der Waals surface area contributed by atoms with E-state index in [2.05, 4.69) is 32.7 Å². The molecule has 1 saturated heterocycles. The molecule has 3 heteroatoms. The van der Waals surface area contributed by atoms with Gasteiger partial charge in [-0.3, -0.25) is 0 Å². The Labute approximate surface area is 99.8 Å². The van der Waals surface area contributed by atoms with Gasteiger partial charge in [0, 0.05) is 24.6 Å². The SMILES string of the molecule is CC(C)CC(C)N(C)CC1(CO)CCOC1. The number of ether oxygens (including phenoxy) is 1. The Morgan fingerprint density at radius 1 is 1.38 bits per heavy atom. The second-order valence-corrected chi connectivity index (χ2v) is 5.85. The molecule has 0 aliphatic carbocycles.